The minimum Gasteiger partial charge on any atom is -0.323 e. The van der Waals surface area contributed by atoms with E-state index in [-0.39, 0.29) is 17.0 Å². The number of rotatable bonds is 7. The zero-order valence-electron chi connectivity index (χ0n) is 17.5. The average molecular weight is 458 g/mol. The number of fused-ring (bicyclic) bond motifs is 3. The molecule has 0 saturated heterocycles. The first kappa shape index (κ1) is 21.9. The second kappa shape index (κ2) is 9.07. The van der Waals surface area contributed by atoms with Crippen LogP contribution in [0.1, 0.15) is 20.3 Å². The fraction of sp³-hybridized carbons (Fsp3) is 0.273. The van der Waals surface area contributed by atoms with Crippen molar-refractivity contribution in [2.24, 2.45) is 5.92 Å². The summed E-state index contributed by atoms with van der Waals surface area (Å²) in [6.45, 7) is 4.65. The molecule has 0 unspecified atom stereocenters. The minimum atomic E-state index is -0.724. The first-order valence-corrected chi connectivity index (χ1v) is 11.1. The molecule has 32 heavy (non-hydrogen) atoms. The number of halogens is 2. The van der Waals surface area contributed by atoms with Gasteiger partial charge in [-0.05, 0) is 36.6 Å². The minimum absolute atomic E-state index is 0.101. The first-order valence-electron chi connectivity index (χ1n) is 10.1. The number of thioether (sulfide) groups is 1. The van der Waals surface area contributed by atoms with E-state index in [0.717, 1.165) is 36.4 Å². The van der Waals surface area contributed by atoms with Crippen molar-refractivity contribution in [2.75, 3.05) is 11.1 Å². The van der Waals surface area contributed by atoms with Crippen molar-refractivity contribution in [3.8, 4) is 0 Å². The molecular weight excluding hydrogens is 436 g/mol. The number of para-hydroxylation sites is 1. The Balaban J connectivity index is 1.65. The molecule has 4 rings (SSSR count). The summed E-state index contributed by atoms with van der Waals surface area (Å²) in [5.74, 6) is -1.20. The number of benzene rings is 2. The molecule has 10 heteroatoms. The molecule has 0 aliphatic heterocycles. The molecule has 4 aromatic rings. The van der Waals surface area contributed by atoms with Gasteiger partial charge in [0, 0.05) is 12.6 Å². The summed E-state index contributed by atoms with van der Waals surface area (Å²) in [6.07, 6.45) is 0.796. The van der Waals surface area contributed by atoms with Gasteiger partial charge in [0.2, 0.25) is 11.7 Å². The Morgan fingerprint density at radius 2 is 1.94 bits per heavy atom. The third kappa shape index (κ3) is 4.36. The van der Waals surface area contributed by atoms with Crippen molar-refractivity contribution in [3.63, 3.8) is 0 Å². The van der Waals surface area contributed by atoms with Crippen molar-refractivity contribution in [3.05, 3.63) is 64.5 Å². The number of carbonyl (C=O) groups excluding carboxylic acids is 1. The predicted molar refractivity (Wildman–Crippen MR) is 120 cm³/mol. The smallest absolute Gasteiger partial charge is 0.262 e. The third-order valence-corrected chi connectivity index (χ3v) is 5.87. The van der Waals surface area contributed by atoms with E-state index >= 15 is 0 Å². The van der Waals surface area contributed by atoms with E-state index in [1.807, 2.05) is 6.07 Å². The molecule has 1 amide bonds. The molecule has 1 N–H and O–H groups in total. The number of aryl methyl sites for hydroxylation is 1. The fourth-order valence-corrected chi connectivity index (χ4v) is 4.07. The van der Waals surface area contributed by atoms with Gasteiger partial charge in [-0.25, -0.2) is 8.78 Å². The highest BCUT2D eigenvalue weighted by molar-refractivity contribution is 7.99. The largest absolute Gasteiger partial charge is 0.323 e. The lowest BCUT2D eigenvalue weighted by molar-refractivity contribution is -0.113. The number of nitrogens with one attached hydrogen (secondary N) is 1. The van der Waals surface area contributed by atoms with E-state index in [1.165, 1.54) is 0 Å². The van der Waals surface area contributed by atoms with Gasteiger partial charge in [0.25, 0.3) is 5.56 Å². The van der Waals surface area contributed by atoms with Crippen LogP contribution in [-0.4, -0.2) is 30.8 Å². The van der Waals surface area contributed by atoms with Crippen LogP contribution in [0.4, 0.5) is 14.5 Å². The van der Waals surface area contributed by atoms with Crippen LogP contribution in [0.25, 0.3) is 16.7 Å². The van der Waals surface area contributed by atoms with Gasteiger partial charge >= 0.3 is 0 Å². The molecule has 0 bridgehead atoms. The molecule has 2 aromatic heterocycles. The Hall–Kier alpha value is -3.27. The number of hydrogen-bond acceptors (Lipinski definition) is 5. The standard InChI is InChI=1S/C22H21F2N5O2S/c1-13(2)9-10-28-20(31)15-5-3-4-6-18(15)29-21(28)26-27-22(29)32-12-19(30)25-17-11-14(23)7-8-16(17)24/h3-8,11,13H,9-10,12H2,1-2H3,(H,25,30). The van der Waals surface area contributed by atoms with Gasteiger partial charge in [-0.15, -0.1) is 10.2 Å². The molecule has 0 atom stereocenters. The van der Waals surface area contributed by atoms with Gasteiger partial charge < -0.3 is 5.32 Å². The van der Waals surface area contributed by atoms with Crippen LogP contribution in [0.2, 0.25) is 0 Å². The monoisotopic (exact) mass is 457 g/mol. The second-order valence-corrected chi connectivity index (χ2v) is 8.68. The van der Waals surface area contributed by atoms with E-state index in [2.05, 4.69) is 29.4 Å². The average Bonchev–Trinajstić information content (AvgIpc) is 3.18. The summed E-state index contributed by atoms with van der Waals surface area (Å²) in [5.41, 5.74) is 0.268. The van der Waals surface area contributed by atoms with Gasteiger partial charge in [0.15, 0.2) is 5.16 Å². The van der Waals surface area contributed by atoms with E-state index in [9.17, 15) is 18.4 Å². The summed E-state index contributed by atoms with van der Waals surface area (Å²) < 4.78 is 30.5. The Bertz CT molecular complexity index is 1370. The van der Waals surface area contributed by atoms with Gasteiger partial charge in [-0.3, -0.25) is 18.6 Å². The Labute approximate surface area is 186 Å². The first-order chi connectivity index (χ1) is 15.3. The van der Waals surface area contributed by atoms with Gasteiger partial charge in [0.1, 0.15) is 11.6 Å². The molecule has 0 aliphatic rings. The quantitative estimate of drug-likeness (QED) is 0.423. The lowest BCUT2D eigenvalue weighted by Gasteiger charge is -2.12. The number of nitrogens with zero attached hydrogens (tertiary/aromatic N) is 4. The van der Waals surface area contributed by atoms with E-state index in [0.29, 0.717) is 34.3 Å². The van der Waals surface area contributed by atoms with E-state index in [1.54, 1.807) is 27.2 Å². The van der Waals surface area contributed by atoms with Crippen molar-refractivity contribution in [1.82, 2.24) is 19.2 Å². The normalized spacial score (nSPS) is 11.5. The number of hydrogen-bond donors (Lipinski definition) is 1. The van der Waals surface area contributed by atoms with Crippen LogP contribution in [0.15, 0.2) is 52.4 Å². The molecule has 0 fully saturated rings. The van der Waals surface area contributed by atoms with Crippen molar-refractivity contribution in [1.29, 1.82) is 0 Å². The predicted octanol–water partition coefficient (Wildman–Crippen LogP) is 4.10. The van der Waals surface area contributed by atoms with Gasteiger partial charge in [0.05, 0.1) is 22.3 Å². The summed E-state index contributed by atoms with van der Waals surface area (Å²) in [4.78, 5) is 25.4. The van der Waals surface area contributed by atoms with Crippen LogP contribution in [-0.2, 0) is 11.3 Å². The maximum Gasteiger partial charge on any atom is 0.262 e. The molecular formula is C22H21F2N5O2S. The van der Waals surface area contributed by atoms with E-state index in [4.69, 9.17) is 0 Å². The van der Waals surface area contributed by atoms with Crippen molar-refractivity contribution < 1.29 is 13.6 Å². The SMILES string of the molecule is CC(C)CCn1c(=O)c2ccccc2n2c(SCC(=O)Nc3cc(F)ccc3F)nnc12. The van der Waals surface area contributed by atoms with Crippen LogP contribution in [0.3, 0.4) is 0 Å². The molecule has 166 valence electrons. The number of anilines is 1. The highest BCUT2D eigenvalue weighted by Gasteiger charge is 2.18. The Kier molecular flexibility index (Phi) is 6.22. The maximum absolute atomic E-state index is 13.8. The van der Waals surface area contributed by atoms with Crippen molar-refractivity contribution >= 4 is 40.0 Å². The maximum atomic E-state index is 13.8. The topological polar surface area (TPSA) is 81.3 Å². The highest BCUT2D eigenvalue weighted by Crippen LogP contribution is 2.23. The fourth-order valence-electron chi connectivity index (χ4n) is 3.33. The van der Waals surface area contributed by atoms with Crippen molar-refractivity contribution in [2.45, 2.75) is 32.0 Å². The summed E-state index contributed by atoms with van der Waals surface area (Å²) >= 11 is 1.09. The summed E-state index contributed by atoms with van der Waals surface area (Å²) in [7, 11) is 0. The zero-order valence-corrected chi connectivity index (χ0v) is 18.3. The van der Waals surface area contributed by atoms with Crippen LogP contribution >= 0.6 is 11.8 Å². The lowest BCUT2D eigenvalue weighted by Crippen LogP contribution is -2.24. The summed E-state index contributed by atoms with van der Waals surface area (Å²) in [6, 6.07) is 10.0. The van der Waals surface area contributed by atoms with E-state index < -0.39 is 17.5 Å². The third-order valence-electron chi connectivity index (χ3n) is 4.94. The molecule has 0 radical (unpaired) electrons. The Morgan fingerprint density at radius 3 is 2.72 bits per heavy atom. The zero-order chi connectivity index (χ0) is 22.8. The lowest BCUT2D eigenvalue weighted by atomic mass is 10.1. The van der Waals surface area contributed by atoms with Crippen LogP contribution < -0.4 is 10.9 Å². The molecule has 2 aromatic carbocycles. The summed E-state index contributed by atoms with van der Waals surface area (Å²) in [5, 5.41) is 11.7. The highest BCUT2D eigenvalue weighted by atomic mass is 32.2. The molecule has 0 aliphatic carbocycles. The van der Waals surface area contributed by atoms with Crippen LogP contribution in [0, 0.1) is 17.6 Å². The Morgan fingerprint density at radius 1 is 1.16 bits per heavy atom. The molecule has 7 nitrogen and oxygen atoms in total. The van der Waals surface area contributed by atoms with Gasteiger partial charge in [-0.2, -0.15) is 0 Å². The number of aromatic nitrogens is 4. The number of amides is 1. The molecule has 0 spiro atoms. The van der Waals surface area contributed by atoms with Gasteiger partial charge in [-0.1, -0.05) is 37.7 Å². The number of carbonyl (C=O) groups is 1. The van der Waals surface area contributed by atoms with Crippen LogP contribution in [0.5, 0.6) is 0 Å². The molecule has 2 heterocycles. The molecule has 0 saturated carbocycles. The second-order valence-electron chi connectivity index (χ2n) is 7.74.